The van der Waals surface area contributed by atoms with Crippen LogP contribution in [0.15, 0.2) is 18.2 Å². The van der Waals surface area contributed by atoms with E-state index in [0.29, 0.717) is 22.8 Å². The maximum absolute atomic E-state index is 12.7. The van der Waals surface area contributed by atoms with Crippen LogP contribution in [0, 0.1) is 0 Å². The van der Waals surface area contributed by atoms with E-state index in [4.69, 9.17) is 23.2 Å². The fourth-order valence-corrected chi connectivity index (χ4v) is 6.47. The van der Waals surface area contributed by atoms with Gasteiger partial charge in [0.2, 0.25) is 0 Å². The molecule has 1 N–H and O–H groups in total. The predicted octanol–water partition coefficient (Wildman–Crippen LogP) is 3.55. The number of rotatable bonds is 3. The molecule has 1 unspecified atom stereocenters. The van der Waals surface area contributed by atoms with Crippen LogP contribution in [0.2, 0.25) is 10.0 Å². The molecule has 138 valence electrons. The minimum Gasteiger partial charge on any atom is -0.306 e. The van der Waals surface area contributed by atoms with Crippen LogP contribution in [0.5, 0.6) is 0 Å². The molecule has 2 aromatic rings. The van der Waals surface area contributed by atoms with E-state index in [-0.39, 0.29) is 28.5 Å². The third-order valence-corrected chi connectivity index (χ3v) is 7.81. The van der Waals surface area contributed by atoms with Crippen molar-refractivity contribution >= 4 is 56.5 Å². The zero-order chi connectivity index (χ0) is 18.5. The number of thioether (sulfide) groups is 1. The number of hydrogen-bond acceptors (Lipinski definition) is 5. The highest BCUT2D eigenvalue weighted by atomic mass is 35.5. The Morgan fingerprint density at radius 2 is 2.12 bits per heavy atom. The number of anilines is 1. The quantitative estimate of drug-likeness (QED) is 0.803. The van der Waals surface area contributed by atoms with E-state index < -0.39 is 9.84 Å². The molecule has 1 fully saturated rings. The van der Waals surface area contributed by atoms with Crippen molar-refractivity contribution in [3.63, 3.8) is 0 Å². The van der Waals surface area contributed by atoms with Gasteiger partial charge in [0.15, 0.2) is 9.84 Å². The van der Waals surface area contributed by atoms with Crippen LogP contribution in [0.3, 0.4) is 0 Å². The molecular formula is C16H15Cl2N3O3S2. The van der Waals surface area contributed by atoms with Crippen molar-refractivity contribution in [1.82, 2.24) is 9.78 Å². The molecule has 26 heavy (non-hydrogen) atoms. The summed E-state index contributed by atoms with van der Waals surface area (Å²) in [4.78, 5) is 12.7. The molecular weight excluding hydrogens is 417 g/mol. The molecule has 3 heterocycles. The lowest BCUT2D eigenvalue weighted by Gasteiger charge is -2.15. The van der Waals surface area contributed by atoms with Crippen LogP contribution >= 0.6 is 35.0 Å². The van der Waals surface area contributed by atoms with Crippen molar-refractivity contribution in [1.29, 1.82) is 0 Å². The first-order valence-corrected chi connectivity index (χ1v) is 11.7. The molecule has 1 aromatic carbocycles. The Kier molecular flexibility index (Phi) is 4.71. The summed E-state index contributed by atoms with van der Waals surface area (Å²) in [6, 6.07) is 4.42. The molecule has 2 aliphatic rings. The van der Waals surface area contributed by atoms with Crippen LogP contribution in [0.25, 0.3) is 0 Å². The van der Waals surface area contributed by atoms with Crippen molar-refractivity contribution in [2.75, 3.05) is 16.8 Å². The molecule has 0 spiro atoms. The summed E-state index contributed by atoms with van der Waals surface area (Å²) in [7, 11) is -3.06. The molecule has 1 atom stereocenters. The molecule has 0 aliphatic carbocycles. The number of nitrogens with one attached hydrogen (secondary N) is 1. The third-order valence-electron chi connectivity index (χ3n) is 4.54. The lowest BCUT2D eigenvalue weighted by atomic mass is 10.2. The normalized spacial score (nSPS) is 20.9. The molecule has 6 nitrogen and oxygen atoms in total. The van der Waals surface area contributed by atoms with Gasteiger partial charge in [-0.25, -0.2) is 13.1 Å². The second-order valence-corrected chi connectivity index (χ2v) is 10.4. The molecule has 0 saturated carbocycles. The van der Waals surface area contributed by atoms with E-state index in [0.717, 1.165) is 22.8 Å². The maximum atomic E-state index is 12.7. The average molecular weight is 432 g/mol. The van der Waals surface area contributed by atoms with Crippen molar-refractivity contribution in [2.24, 2.45) is 0 Å². The molecule has 1 amide bonds. The van der Waals surface area contributed by atoms with Gasteiger partial charge in [-0.3, -0.25) is 4.79 Å². The van der Waals surface area contributed by atoms with Gasteiger partial charge in [0.25, 0.3) is 5.91 Å². The summed E-state index contributed by atoms with van der Waals surface area (Å²) in [6.45, 7) is 0. The van der Waals surface area contributed by atoms with E-state index in [1.807, 2.05) is 0 Å². The van der Waals surface area contributed by atoms with E-state index in [2.05, 4.69) is 10.4 Å². The highest BCUT2D eigenvalue weighted by Crippen LogP contribution is 2.38. The number of benzene rings is 1. The molecule has 10 heteroatoms. The summed E-state index contributed by atoms with van der Waals surface area (Å²) < 4.78 is 25.4. The summed E-state index contributed by atoms with van der Waals surface area (Å²) in [5.74, 6) is 1.89. The van der Waals surface area contributed by atoms with Gasteiger partial charge in [0.05, 0.1) is 33.8 Å². The van der Waals surface area contributed by atoms with Gasteiger partial charge in [-0.2, -0.15) is 16.9 Å². The molecule has 2 aliphatic heterocycles. The highest BCUT2D eigenvalue weighted by molar-refractivity contribution is 7.98. The Balaban J connectivity index is 1.68. The first-order chi connectivity index (χ1) is 12.3. The number of fused-ring (bicyclic) bond motifs is 1. The van der Waals surface area contributed by atoms with Gasteiger partial charge in [0, 0.05) is 22.1 Å². The number of carbonyl (C=O) groups is 1. The van der Waals surface area contributed by atoms with Gasteiger partial charge < -0.3 is 5.32 Å². The second kappa shape index (κ2) is 6.74. The molecule has 4 rings (SSSR count). The fraction of sp³-hybridized carbons (Fsp3) is 0.375. The number of amides is 1. The van der Waals surface area contributed by atoms with Crippen LogP contribution in [0.1, 0.15) is 34.1 Å². The van der Waals surface area contributed by atoms with Crippen molar-refractivity contribution < 1.29 is 13.2 Å². The van der Waals surface area contributed by atoms with Gasteiger partial charge in [-0.1, -0.05) is 23.2 Å². The van der Waals surface area contributed by atoms with E-state index in [1.165, 1.54) is 6.07 Å². The Morgan fingerprint density at radius 3 is 2.81 bits per heavy atom. The topological polar surface area (TPSA) is 81.1 Å². The SMILES string of the molecule is O=C(Nc1c2c(nn1C1CCS(=O)(=O)C1)CSC2)c1ccc(Cl)cc1Cl. The van der Waals surface area contributed by atoms with Crippen LogP contribution in [0.4, 0.5) is 5.82 Å². The van der Waals surface area contributed by atoms with Crippen molar-refractivity contribution in [3.05, 3.63) is 45.1 Å². The maximum Gasteiger partial charge on any atom is 0.258 e. The largest absolute Gasteiger partial charge is 0.306 e. The Bertz CT molecular complexity index is 1000. The molecule has 1 aromatic heterocycles. The molecule has 1 saturated heterocycles. The van der Waals surface area contributed by atoms with E-state index in [1.54, 1.807) is 28.6 Å². The number of halogens is 2. The standard InChI is InChI=1S/C16H15Cl2N3O3S2/c17-9-1-2-11(13(18)5-9)16(22)19-15-12-6-25-7-14(12)20-21(15)10-3-4-26(23,24)8-10/h1-2,5,10H,3-4,6-8H2,(H,19,22). The summed E-state index contributed by atoms with van der Waals surface area (Å²) in [5.41, 5.74) is 2.16. The molecule has 0 radical (unpaired) electrons. The van der Waals surface area contributed by atoms with Gasteiger partial charge >= 0.3 is 0 Å². The second-order valence-electron chi connectivity index (χ2n) is 6.35. The number of sulfone groups is 1. The van der Waals surface area contributed by atoms with Gasteiger partial charge in [-0.15, -0.1) is 0 Å². The first kappa shape index (κ1) is 18.2. The predicted molar refractivity (Wildman–Crippen MR) is 104 cm³/mol. The Labute approximate surface area is 165 Å². The summed E-state index contributed by atoms with van der Waals surface area (Å²) in [5, 5.41) is 8.19. The molecule has 0 bridgehead atoms. The third kappa shape index (κ3) is 3.35. The smallest absolute Gasteiger partial charge is 0.258 e. The zero-order valence-electron chi connectivity index (χ0n) is 13.5. The zero-order valence-corrected chi connectivity index (χ0v) is 16.7. The minimum absolute atomic E-state index is 0.0469. The monoisotopic (exact) mass is 431 g/mol. The first-order valence-electron chi connectivity index (χ1n) is 7.99. The highest BCUT2D eigenvalue weighted by Gasteiger charge is 2.34. The summed E-state index contributed by atoms with van der Waals surface area (Å²) in [6.07, 6.45) is 0.501. The lowest BCUT2D eigenvalue weighted by Crippen LogP contribution is -2.20. The minimum atomic E-state index is -3.06. The summed E-state index contributed by atoms with van der Waals surface area (Å²) >= 11 is 13.7. The van der Waals surface area contributed by atoms with Crippen LogP contribution in [-0.4, -0.2) is 35.6 Å². The Morgan fingerprint density at radius 1 is 1.31 bits per heavy atom. The van der Waals surface area contributed by atoms with Crippen LogP contribution in [-0.2, 0) is 21.3 Å². The van der Waals surface area contributed by atoms with Gasteiger partial charge in [0.1, 0.15) is 5.82 Å². The number of carbonyl (C=O) groups excluding carboxylic acids is 1. The fourth-order valence-electron chi connectivity index (χ4n) is 3.25. The van der Waals surface area contributed by atoms with E-state index >= 15 is 0 Å². The average Bonchev–Trinajstić information content (AvgIpc) is 3.23. The number of hydrogen-bond donors (Lipinski definition) is 1. The number of nitrogens with zero attached hydrogens (tertiary/aromatic N) is 2. The number of aromatic nitrogens is 2. The van der Waals surface area contributed by atoms with Gasteiger partial charge in [-0.05, 0) is 24.6 Å². The van der Waals surface area contributed by atoms with Crippen molar-refractivity contribution in [2.45, 2.75) is 24.0 Å². The lowest BCUT2D eigenvalue weighted by molar-refractivity contribution is 0.102. The van der Waals surface area contributed by atoms with E-state index in [9.17, 15) is 13.2 Å². The van der Waals surface area contributed by atoms with Crippen molar-refractivity contribution in [3.8, 4) is 0 Å². The Hall–Kier alpha value is -1.22. The van der Waals surface area contributed by atoms with Crippen LogP contribution < -0.4 is 5.32 Å².